The number of benzene rings is 10. The van der Waals surface area contributed by atoms with Gasteiger partial charge in [0.05, 0.1) is 0 Å². The third kappa shape index (κ3) is 20.4. The molecule has 0 radical (unpaired) electrons. The summed E-state index contributed by atoms with van der Waals surface area (Å²) >= 11 is 26.6. The van der Waals surface area contributed by atoms with Crippen LogP contribution in [0.3, 0.4) is 0 Å². The van der Waals surface area contributed by atoms with Gasteiger partial charge in [0.2, 0.25) is 0 Å². The number of nitrogens with one attached hydrogen (secondary N) is 3. The maximum absolute atomic E-state index is 13.7. The van der Waals surface area contributed by atoms with Crippen molar-refractivity contribution < 1.29 is 72.9 Å². The molecular weight excluding hydrogens is 1740 g/mol. The van der Waals surface area contributed by atoms with Crippen LogP contribution in [0.5, 0.6) is 23.0 Å². The lowest BCUT2D eigenvalue weighted by atomic mass is 10.0. The smallest absolute Gasteiger partial charge is 0.349 e. The highest BCUT2D eigenvalue weighted by Crippen LogP contribution is 2.46. The van der Waals surface area contributed by atoms with Crippen molar-refractivity contribution in [3.05, 3.63) is 345 Å². The number of carboxylic acids is 3. The van der Waals surface area contributed by atoms with E-state index in [1.165, 1.54) is 56.7 Å². The van der Waals surface area contributed by atoms with Crippen LogP contribution in [-0.4, -0.2) is 67.6 Å². The van der Waals surface area contributed by atoms with Gasteiger partial charge in [0.1, 0.15) is 77.5 Å². The van der Waals surface area contributed by atoms with Gasteiger partial charge in [-0.25, -0.2) is 19.2 Å². The maximum Gasteiger partial charge on any atom is 0.349 e. The lowest BCUT2D eigenvalue weighted by molar-refractivity contribution is 0.00711. The Bertz CT molecular complexity index is 6690. The molecule has 122 heavy (non-hydrogen) atoms. The van der Waals surface area contributed by atoms with Gasteiger partial charge in [0.15, 0.2) is 22.1 Å². The van der Waals surface area contributed by atoms with E-state index in [0.717, 1.165) is 79.9 Å². The lowest BCUT2D eigenvalue weighted by Crippen LogP contribution is -2.25. The number of ether oxygens (including phenoxy) is 4. The quantitative estimate of drug-likeness (QED) is 0.0311. The van der Waals surface area contributed by atoms with Crippen LogP contribution >= 0.6 is 114 Å². The van der Waals surface area contributed by atoms with Gasteiger partial charge in [0.25, 0.3) is 17.7 Å². The average molecular weight is 1810 g/mol. The number of aromatic hydroxyl groups is 1. The van der Waals surface area contributed by atoms with Crippen LogP contribution < -0.4 is 30.2 Å². The highest BCUT2D eigenvalue weighted by atomic mass is 35.5. The first-order valence-corrected chi connectivity index (χ1v) is 44.2. The summed E-state index contributed by atoms with van der Waals surface area (Å²) in [6.45, 7) is 6.43. The standard InChI is InChI=1S/C31H26ClNO4S2.C27H18ClNO4S2.C20H12ClNO4S2.C16H12O3S/c1-31(2,3)37-30(35)25-23(20-13-15-21(32)16-14-20)18-38-29(25)33-28(34)27-26(22-11-7-8-12-24(22)39-27)36-17-19-9-5-4-6-10-19;28-18-12-10-17(11-13-18)20-15-34-26(22(20)27(31)32)29-25(30)24-23(19-8-4-5-9-21(19)35-24)33-14-16-6-2-1-3-7-16;21-11-7-5-10(6-8-11)13-9-27-19(15(13)20(25)26)22-18(24)17-16(23)12-3-1-2-4-14(12)28-17;17-16(18)15-14(12-8-4-5-9-13(12)20-15)19-10-11-6-2-1-3-7-11/h4-16,18H,17H2,1-3H3,(H,33,34);1-13,15H,14H2,(H,29,30)(H,31,32);1-9,23H,(H,22,24)(H,25,26);1-9H,10H2,(H,17,18). The molecule has 0 aliphatic heterocycles. The molecular formula is C94H68Cl3N3O15S7. The Kier molecular flexibility index (Phi) is 27.4. The Morgan fingerprint density at radius 1 is 0.336 bits per heavy atom. The molecule has 28 heteroatoms. The first-order valence-electron chi connectivity index (χ1n) is 37.2. The Morgan fingerprint density at radius 2 is 0.615 bits per heavy atom. The number of hydrogen-bond donors (Lipinski definition) is 7. The summed E-state index contributed by atoms with van der Waals surface area (Å²) < 4.78 is 27.4. The average Bonchev–Trinajstić information content (AvgIpc) is 1.64. The number of amides is 3. The summed E-state index contributed by atoms with van der Waals surface area (Å²) in [5.41, 5.74) is 6.49. The van der Waals surface area contributed by atoms with E-state index in [0.29, 0.717) is 106 Å². The van der Waals surface area contributed by atoms with Gasteiger partial charge in [0, 0.05) is 88.2 Å². The van der Waals surface area contributed by atoms with Crippen LogP contribution in [-0.2, 0) is 24.6 Å². The Hall–Kier alpha value is -12.5. The van der Waals surface area contributed by atoms with Crippen LogP contribution in [0.4, 0.5) is 15.0 Å². The fourth-order valence-corrected chi connectivity index (χ4v) is 19.9. The molecule has 17 aromatic rings. The zero-order chi connectivity index (χ0) is 85.7. The fourth-order valence-electron chi connectivity index (χ4n) is 12.6. The number of carbonyl (C=O) groups is 7. The molecule has 0 spiro atoms. The van der Waals surface area contributed by atoms with Crippen LogP contribution in [0.2, 0.25) is 15.1 Å². The van der Waals surface area contributed by atoms with Crippen molar-refractivity contribution in [3.63, 3.8) is 0 Å². The lowest BCUT2D eigenvalue weighted by Gasteiger charge is -2.20. The predicted molar refractivity (Wildman–Crippen MR) is 495 cm³/mol. The van der Waals surface area contributed by atoms with Crippen molar-refractivity contribution in [2.75, 3.05) is 16.0 Å². The second-order valence-corrected chi connectivity index (χ2v) is 35.9. The topological polar surface area (TPSA) is 273 Å². The van der Waals surface area contributed by atoms with E-state index in [-0.39, 0.29) is 42.5 Å². The van der Waals surface area contributed by atoms with Crippen LogP contribution in [0.25, 0.3) is 73.7 Å². The van der Waals surface area contributed by atoms with Crippen molar-refractivity contribution in [2.45, 2.75) is 46.2 Å². The van der Waals surface area contributed by atoms with Gasteiger partial charge in [-0.2, -0.15) is 0 Å². The summed E-state index contributed by atoms with van der Waals surface area (Å²) in [4.78, 5) is 89.7. The number of aromatic carboxylic acids is 3. The summed E-state index contributed by atoms with van der Waals surface area (Å²) in [6.07, 6.45) is 0. The molecule has 18 nitrogen and oxygen atoms in total. The van der Waals surface area contributed by atoms with Crippen molar-refractivity contribution >= 4 is 211 Å². The third-order valence-electron chi connectivity index (χ3n) is 18.3. The van der Waals surface area contributed by atoms with E-state index in [2.05, 4.69) is 16.0 Å². The number of esters is 1. The van der Waals surface area contributed by atoms with Gasteiger partial charge >= 0.3 is 23.9 Å². The molecule has 0 aliphatic carbocycles. The summed E-state index contributed by atoms with van der Waals surface area (Å²) in [6, 6.07) is 80.2. The minimum Gasteiger partial charge on any atom is -0.506 e. The molecule has 0 atom stereocenters. The first-order chi connectivity index (χ1) is 58.9. The molecule has 7 N–H and O–H groups in total. The van der Waals surface area contributed by atoms with E-state index >= 15 is 0 Å². The second kappa shape index (κ2) is 38.9. The number of anilines is 3. The number of halogens is 3. The molecule has 0 fully saturated rings. The number of carbonyl (C=O) groups excluding carboxylic acids is 4. The molecule has 7 heterocycles. The first kappa shape index (κ1) is 85.9. The number of fused-ring (bicyclic) bond motifs is 4. The zero-order valence-corrected chi connectivity index (χ0v) is 72.4. The molecule has 0 aliphatic rings. The van der Waals surface area contributed by atoms with E-state index in [4.69, 9.17) is 53.8 Å². The van der Waals surface area contributed by atoms with E-state index in [1.54, 1.807) is 83.6 Å². The second-order valence-electron chi connectivity index (χ2n) is 27.7. The van der Waals surface area contributed by atoms with Gasteiger partial charge in [-0.3, -0.25) is 14.4 Å². The highest BCUT2D eigenvalue weighted by Gasteiger charge is 2.31. The van der Waals surface area contributed by atoms with Gasteiger partial charge in [-0.05, 0) is 139 Å². The maximum atomic E-state index is 13.7. The monoisotopic (exact) mass is 1810 g/mol. The molecule has 7 aromatic heterocycles. The van der Waals surface area contributed by atoms with Crippen molar-refractivity contribution in [2.24, 2.45) is 0 Å². The molecule has 0 saturated heterocycles. The Labute approximate surface area is 741 Å². The SMILES string of the molecule is CC(C)(C)OC(=O)c1c(-c2ccc(Cl)cc2)csc1NC(=O)c1sc2ccccc2c1OCc1ccccc1.O=C(Nc1scc(-c2ccc(Cl)cc2)c1C(=O)O)c1sc2ccccc2c1O.O=C(Nc1scc(-c2ccc(Cl)cc2)c1C(=O)O)c1sc2ccccc2c1OCc1ccccc1.O=C(O)c1sc2ccccc2c1OCc1ccccc1. The third-order valence-corrected chi connectivity index (χ3v) is 26.3. The zero-order valence-electron chi connectivity index (χ0n) is 64.5. The van der Waals surface area contributed by atoms with E-state index in [1.807, 2.05) is 214 Å². The van der Waals surface area contributed by atoms with Crippen molar-refractivity contribution in [1.82, 2.24) is 0 Å². The number of hydrogen-bond acceptors (Lipinski definition) is 19. The predicted octanol–water partition coefficient (Wildman–Crippen LogP) is 27.0. The largest absolute Gasteiger partial charge is 0.506 e. The minimum atomic E-state index is -1.15. The van der Waals surface area contributed by atoms with E-state index < -0.39 is 41.3 Å². The highest BCUT2D eigenvalue weighted by molar-refractivity contribution is 7.23. The summed E-state index contributed by atoms with van der Waals surface area (Å²) in [5, 5.41) is 58.6. The van der Waals surface area contributed by atoms with Crippen LogP contribution in [0.15, 0.2) is 277 Å². The number of thiophene rings is 7. The normalized spacial score (nSPS) is 11.0. The number of carboxylic acid groups (broad SMARTS) is 3. The Morgan fingerprint density at radius 3 is 0.943 bits per heavy atom. The van der Waals surface area contributed by atoms with Crippen LogP contribution in [0, 0.1) is 0 Å². The molecule has 612 valence electrons. The molecule has 0 unspecified atom stereocenters. The van der Waals surface area contributed by atoms with Gasteiger partial charge in [-0.15, -0.1) is 79.4 Å². The fraction of sp³-hybridized carbons (Fsp3) is 0.0745. The van der Waals surface area contributed by atoms with Gasteiger partial charge < -0.3 is 55.3 Å². The van der Waals surface area contributed by atoms with Crippen molar-refractivity contribution in [1.29, 1.82) is 0 Å². The molecule has 3 amide bonds. The Balaban J connectivity index is 0.000000136. The number of rotatable bonds is 22. The summed E-state index contributed by atoms with van der Waals surface area (Å²) in [5.74, 6) is -3.70. The van der Waals surface area contributed by atoms with Crippen molar-refractivity contribution in [3.8, 4) is 56.4 Å². The molecule has 0 saturated carbocycles. The van der Waals surface area contributed by atoms with Gasteiger partial charge in [-0.1, -0.05) is 211 Å². The molecule has 10 aromatic carbocycles. The van der Waals surface area contributed by atoms with Crippen LogP contribution in [0.1, 0.15) is 107 Å². The van der Waals surface area contributed by atoms with E-state index in [9.17, 15) is 54.0 Å². The minimum absolute atomic E-state index is 0.00118. The summed E-state index contributed by atoms with van der Waals surface area (Å²) in [7, 11) is 0. The molecule has 0 bridgehead atoms. The molecule has 17 rings (SSSR count).